The molecule has 3 heterocycles. The molecule has 0 unspecified atom stereocenters. The second-order valence-corrected chi connectivity index (χ2v) is 8.25. The average Bonchev–Trinajstić information content (AvgIpc) is 3.47. The van der Waals surface area contributed by atoms with Crippen LogP contribution in [0.25, 0.3) is 22.3 Å². The Morgan fingerprint density at radius 1 is 1.06 bits per heavy atom. The second kappa shape index (κ2) is 9.08. The summed E-state index contributed by atoms with van der Waals surface area (Å²) in [5, 5.41) is 13.2. The number of ether oxygens (including phenoxy) is 1. The van der Waals surface area contributed by atoms with Gasteiger partial charge in [0.1, 0.15) is 17.1 Å². The SMILES string of the molecule is COc1ccc2nnn(CCCN3CCC(n4ccc(-c5ccccc5F)n4)CC3)c2c1. The third-order valence-electron chi connectivity index (χ3n) is 6.25. The molecule has 2 aromatic heterocycles. The first-order chi connectivity index (χ1) is 15.7. The summed E-state index contributed by atoms with van der Waals surface area (Å²) in [4.78, 5) is 2.50. The molecule has 7 nitrogen and oxygen atoms in total. The van der Waals surface area contributed by atoms with E-state index in [1.54, 1.807) is 19.2 Å². The Kier molecular flexibility index (Phi) is 5.85. The third-order valence-corrected chi connectivity index (χ3v) is 6.25. The number of methoxy groups -OCH3 is 1. The van der Waals surface area contributed by atoms with Gasteiger partial charge in [0.2, 0.25) is 0 Å². The predicted octanol–water partition coefficient (Wildman–Crippen LogP) is 4.17. The Labute approximate surface area is 186 Å². The standard InChI is InChI=1S/C24H27FN6O/c1-32-19-7-8-23-24(17-19)31(28-26-23)13-4-12-29-14-9-18(10-15-29)30-16-11-22(27-30)20-5-2-3-6-21(20)25/h2-3,5-8,11,16-18H,4,9-10,12-15H2,1H3. The zero-order chi connectivity index (χ0) is 21.9. The van der Waals surface area contributed by atoms with Crippen molar-refractivity contribution in [1.82, 2.24) is 29.7 Å². The molecule has 4 aromatic rings. The van der Waals surface area contributed by atoms with Crippen molar-refractivity contribution in [2.45, 2.75) is 31.8 Å². The highest BCUT2D eigenvalue weighted by Crippen LogP contribution is 2.26. The Hall–Kier alpha value is -3.26. The Balaban J connectivity index is 1.13. The van der Waals surface area contributed by atoms with Crippen LogP contribution >= 0.6 is 0 Å². The van der Waals surface area contributed by atoms with Crippen LogP contribution in [-0.2, 0) is 6.54 Å². The second-order valence-electron chi connectivity index (χ2n) is 8.25. The molecule has 1 aliphatic heterocycles. The number of nitrogens with zero attached hydrogens (tertiary/aromatic N) is 6. The fourth-order valence-corrected chi connectivity index (χ4v) is 4.44. The van der Waals surface area contributed by atoms with E-state index in [9.17, 15) is 4.39 Å². The van der Waals surface area contributed by atoms with Crippen LogP contribution in [0.15, 0.2) is 54.7 Å². The summed E-state index contributed by atoms with van der Waals surface area (Å²) >= 11 is 0. The highest BCUT2D eigenvalue weighted by molar-refractivity contribution is 5.76. The van der Waals surface area contributed by atoms with Crippen LogP contribution in [0.3, 0.4) is 0 Å². The molecule has 1 fully saturated rings. The number of aryl methyl sites for hydroxylation is 1. The number of aromatic nitrogens is 5. The van der Waals surface area contributed by atoms with Gasteiger partial charge in [-0.05, 0) is 56.1 Å². The summed E-state index contributed by atoms with van der Waals surface area (Å²) < 4.78 is 23.3. The van der Waals surface area contributed by atoms with Crippen LogP contribution in [-0.4, -0.2) is 56.4 Å². The zero-order valence-electron chi connectivity index (χ0n) is 18.2. The molecule has 8 heteroatoms. The number of fused-ring (bicyclic) bond motifs is 1. The molecule has 2 aromatic carbocycles. The number of piperidine rings is 1. The summed E-state index contributed by atoms with van der Waals surface area (Å²) in [6.07, 6.45) is 5.08. The van der Waals surface area contributed by atoms with E-state index in [0.29, 0.717) is 17.3 Å². The third kappa shape index (κ3) is 4.23. The van der Waals surface area contributed by atoms with Crippen molar-refractivity contribution in [2.24, 2.45) is 0 Å². The van der Waals surface area contributed by atoms with Gasteiger partial charge < -0.3 is 9.64 Å². The lowest BCUT2D eigenvalue weighted by Gasteiger charge is -2.32. The first-order valence-electron chi connectivity index (χ1n) is 11.1. The molecule has 5 rings (SSSR count). The molecule has 0 radical (unpaired) electrons. The monoisotopic (exact) mass is 434 g/mol. The number of halogens is 1. The van der Waals surface area contributed by atoms with E-state index in [-0.39, 0.29) is 5.82 Å². The molecule has 166 valence electrons. The number of hydrogen-bond donors (Lipinski definition) is 0. The predicted molar refractivity (Wildman–Crippen MR) is 121 cm³/mol. The fourth-order valence-electron chi connectivity index (χ4n) is 4.44. The molecule has 0 atom stereocenters. The molecule has 1 saturated heterocycles. The van der Waals surface area contributed by atoms with Gasteiger partial charge in [0, 0.05) is 37.5 Å². The highest BCUT2D eigenvalue weighted by atomic mass is 19.1. The van der Waals surface area contributed by atoms with Crippen LogP contribution in [0.4, 0.5) is 4.39 Å². The summed E-state index contributed by atoms with van der Waals surface area (Å²) in [6.45, 7) is 3.92. The maximum atomic E-state index is 14.1. The van der Waals surface area contributed by atoms with Crippen molar-refractivity contribution in [3.8, 4) is 17.0 Å². The van der Waals surface area contributed by atoms with Crippen molar-refractivity contribution in [1.29, 1.82) is 0 Å². The van der Waals surface area contributed by atoms with Gasteiger partial charge in [0.25, 0.3) is 0 Å². The van der Waals surface area contributed by atoms with Gasteiger partial charge >= 0.3 is 0 Å². The molecule has 0 bridgehead atoms. The van der Waals surface area contributed by atoms with E-state index >= 15 is 0 Å². The lowest BCUT2D eigenvalue weighted by molar-refractivity contribution is 0.176. The van der Waals surface area contributed by atoms with Crippen molar-refractivity contribution in [2.75, 3.05) is 26.7 Å². The first kappa shape index (κ1) is 20.6. The van der Waals surface area contributed by atoms with Gasteiger partial charge in [-0.25, -0.2) is 9.07 Å². The van der Waals surface area contributed by atoms with Gasteiger partial charge in [0.05, 0.1) is 24.4 Å². The lowest BCUT2D eigenvalue weighted by Crippen LogP contribution is -2.35. The molecular formula is C24H27FN6O. The Bertz CT molecular complexity index is 1190. The molecule has 0 amide bonds. The summed E-state index contributed by atoms with van der Waals surface area (Å²) in [6, 6.07) is 14.9. The maximum Gasteiger partial charge on any atom is 0.132 e. The molecule has 0 saturated carbocycles. The van der Waals surface area contributed by atoms with Crippen LogP contribution in [0.2, 0.25) is 0 Å². The first-order valence-corrected chi connectivity index (χ1v) is 11.1. The number of benzene rings is 2. The maximum absolute atomic E-state index is 14.1. The summed E-state index contributed by atoms with van der Waals surface area (Å²) in [7, 11) is 1.67. The fraction of sp³-hybridized carbons (Fsp3) is 0.375. The van der Waals surface area contributed by atoms with Crippen molar-refractivity contribution >= 4 is 11.0 Å². The van der Waals surface area contributed by atoms with Crippen LogP contribution in [0.1, 0.15) is 25.3 Å². The number of likely N-dealkylation sites (tertiary alicyclic amines) is 1. The van der Waals surface area contributed by atoms with Crippen molar-refractivity contribution in [3.05, 3.63) is 60.5 Å². The van der Waals surface area contributed by atoms with Crippen LogP contribution in [0, 0.1) is 5.82 Å². The number of hydrogen-bond acceptors (Lipinski definition) is 5. The molecule has 0 aliphatic carbocycles. The highest BCUT2D eigenvalue weighted by Gasteiger charge is 2.21. The minimum Gasteiger partial charge on any atom is -0.497 e. The van der Waals surface area contributed by atoms with Gasteiger partial charge in [-0.2, -0.15) is 5.10 Å². The van der Waals surface area contributed by atoms with Crippen LogP contribution < -0.4 is 4.74 Å². The van der Waals surface area contributed by atoms with E-state index < -0.39 is 0 Å². The zero-order valence-corrected chi connectivity index (χ0v) is 18.2. The normalized spacial score (nSPS) is 15.4. The van der Waals surface area contributed by atoms with Gasteiger partial charge in [-0.1, -0.05) is 17.3 Å². The smallest absolute Gasteiger partial charge is 0.132 e. The molecule has 0 spiro atoms. The van der Waals surface area contributed by atoms with Gasteiger partial charge in [-0.3, -0.25) is 4.68 Å². The minimum atomic E-state index is -0.230. The van der Waals surface area contributed by atoms with Gasteiger partial charge in [-0.15, -0.1) is 5.10 Å². The van der Waals surface area contributed by atoms with E-state index in [4.69, 9.17) is 4.74 Å². The van der Waals surface area contributed by atoms with Crippen molar-refractivity contribution < 1.29 is 9.13 Å². The summed E-state index contributed by atoms with van der Waals surface area (Å²) in [5.74, 6) is 0.589. The quantitative estimate of drug-likeness (QED) is 0.437. The molecular weight excluding hydrogens is 407 g/mol. The Morgan fingerprint density at radius 2 is 1.91 bits per heavy atom. The topological polar surface area (TPSA) is 61.0 Å². The van der Waals surface area contributed by atoms with E-state index in [1.807, 2.05) is 45.9 Å². The van der Waals surface area contributed by atoms with E-state index in [1.165, 1.54) is 6.07 Å². The summed E-state index contributed by atoms with van der Waals surface area (Å²) in [5.41, 5.74) is 3.15. The van der Waals surface area contributed by atoms with Crippen molar-refractivity contribution in [3.63, 3.8) is 0 Å². The average molecular weight is 435 g/mol. The molecule has 1 aliphatic rings. The van der Waals surface area contributed by atoms with Gasteiger partial charge in [0.15, 0.2) is 0 Å². The molecule has 0 N–H and O–H groups in total. The largest absolute Gasteiger partial charge is 0.497 e. The minimum absolute atomic E-state index is 0.230. The van der Waals surface area contributed by atoms with E-state index in [2.05, 4.69) is 20.3 Å². The molecule has 32 heavy (non-hydrogen) atoms. The Morgan fingerprint density at radius 3 is 2.72 bits per heavy atom. The van der Waals surface area contributed by atoms with E-state index in [0.717, 1.165) is 62.2 Å². The number of rotatable bonds is 7. The van der Waals surface area contributed by atoms with Crippen LogP contribution in [0.5, 0.6) is 5.75 Å². The lowest BCUT2D eigenvalue weighted by atomic mass is 10.1.